The van der Waals surface area contributed by atoms with Gasteiger partial charge in [0.25, 0.3) is 0 Å². The van der Waals surface area contributed by atoms with Crippen LogP contribution in [-0.4, -0.2) is 6.72 Å². The first-order valence-electron chi connectivity index (χ1n) is 5.11. The van der Waals surface area contributed by atoms with Gasteiger partial charge in [-0.3, -0.25) is 4.99 Å². The summed E-state index contributed by atoms with van der Waals surface area (Å²) in [5, 5.41) is 2.85. The Kier molecular flexibility index (Phi) is 3.15. The molecule has 0 spiro atoms. The molecule has 82 valence electrons. The molecule has 2 aromatic rings. The van der Waals surface area contributed by atoms with Gasteiger partial charge in [-0.25, -0.2) is 4.39 Å². The summed E-state index contributed by atoms with van der Waals surface area (Å²) in [7, 11) is 0. The SMILES string of the molecule is C=N/C(=C\CC)c1csc2c(F)cccc12. The maximum Gasteiger partial charge on any atom is 0.141 e. The van der Waals surface area contributed by atoms with E-state index in [4.69, 9.17) is 0 Å². The van der Waals surface area contributed by atoms with Gasteiger partial charge in [-0.15, -0.1) is 11.3 Å². The maximum atomic E-state index is 13.5. The zero-order chi connectivity index (χ0) is 11.5. The molecule has 0 unspecified atom stereocenters. The summed E-state index contributed by atoms with van der Waals surface area (Å²) in [6, 6.07) is 5.12. The van der Waals surface area contributed by atoms with Crippen molar-refractivity contribution in [1.29, 1.82) is 0 Å². The number of allylic oxidation sites excluding steroid dienone is 1. The number of nitrogens with zero attached hydrogens (tertiary/aromatic N) is 1. The number of hydrogen-bond acceptors (Lipinski definition) is 2. The van der Waals surface area contributed by atoms with Gasteiger partial charge in [0.05, 0.1) is 10.4 Å². The van der Waals surface area contributed by atoms with Gasteiger partial charge >= 0.3 is 0 Å². The Labute approximate surface area is 97.9 Å². The van der Waals surface area contributed by atoms with E-state index in [0.29, 0.717) is 4.70 Å². The van der Waals surface area contributed by atoms with E-state index in [1.807, 2.05) is 24.4 Å². The average molecular weight is 233 g/mol. The lowest BCUT2D eigenvalue weighted by Crippen LogP contribution is -1.79. The standard InChI is InChI=1S/C13H12FNS/c1-3-5-12(15-2)10-8-16-13-9(10)6-4-7-11(13)14/h4-8H,2-3H2,1H3/b12-5-. The van der Waals surface area contributed by atoms with E-state index >= 15 is 0 Å². The fourth-order valence-corrected chi connectivity index (χ4v) is 2.64. The lowest BCUT2D eigenvalue weighted by Gasteiger charge is -1.99. The van der Waals surface area contributed by atoms with E-state index in [1.54, 1.807) is 6.07 Å². The van der Waals surface area contributed by atoms with Crippen LogP contribution in [0.2, 0.25) is 0 Å². The molecule has 16 heavy (non-hydrogen) atoms. The van der Waals surface area contributed by atoms with Crippen molar-refractivity contribution in [2.75, 3.05) is 0 Å². The number of thiophene rings is 1. The van der Waals surface area contributed by atoms with E-state index in [9.17, 15) is 4.39 Å². The van der Waals surface area contributed by atoms with Crippen LogP contribution in [0.1, 0.15) is 18.9 Å². The second-order valence-electron chi connectivity index (χ2n) is 3.42. The number of halogens is 1. The largest absolute Gasteiger partial charge is 0.264 e. The first-order valence-corrected chi connectivity index (χ1v) is 5.99. The van der Waals surface area contributed by atoms with Gasteiger partial charge in [0.2, 0.25) is 0 Å². The van der Waals surface area contributed by atoms with Crippen molar-refractivity contribution in [1.82, 2.24) is 0 Å². The van der Waals surface area contributed by atoms with Crippen LogP contribution in [0.3, 0.4) is 0 Å². The molecule has 1 aromatic heterocycles. The molecule has 0 N–H and O–H groups in total. The molecule has 2 rings (SSSR count). The highest BCUT2D eigenvalue weighted by atomic mass is 32.1. The van der Waals surface area contributed by atoms with Crippen molar-refractivity contribution in [2.45, 2.75) is 13.3 Å². The monoisotopic (exact) mass is 233 g/mol. The van der Waals surface area contributed by atoms with Crippen LogP contribution < -0.4 is 0 Å². The summed E-state index contributed by atoms with van der Waals surface area (Å²) >= 11 is 1.41. The molecule has 0 aliphatic rings. The first kappa shape index (κ1) is 11.0. The van der Waals surface area contributed by atoms with Gasteiger partial charge < -0.3 is 0 Å². The number of rotatable bonds is 3. The van der Waals surface area contributed by atoms with Crippen LogP contribution in [0, 0.1) is 5.82 Å². The van der Waals surface area contributed by atoms with Crippen molar-refractivity contribution >= 4 is 33.8 Å². The van der Waals surface area contributed by atoms with E-state index in [-0.39, 0.29) is 5.82 Å². The molecule has 0 amide bonds. The summed E-state index contributed by atoms with van der Waals surface area (Å²) in [4.78, 5) is 4.00. The van der Waals surface area contributed by atoms with Gasteiger partial charge in [0.15, 0.2) is 0 Å². The summed E-state index contributed by atoms with van der Waals surface area (Å²) < 4.78 is 14.2. The molecular weight excluding hydrogens is 221 g/mol. The average Bonchev–Trinajstić information content (AvgIpc) is 2.71. The van der Waals surface area contributed by atoms with Crippen LogP contribution in [0.15, 0.2) is 34.6 Å². The summed E-state index contributed by atoms with van der Waals surface area (Å²) in [5.41, 5.74) is 1.80. The first-order chi connectivity index (χ1) is 7.77. The normalized spacial score (nSPS) is 12.0. The summed E-state index contributed by atoms with van der Waals surface area (Å²) in [6.45, 7) is 5.60. The Morgan fingerprint density at radius 2 is 2.38 bits per heavy atom. The smallest absolute Gasteiger partial charge is 0.141 e. The molecule has 1 heterocycles. The van der Waals surface area contributed by atoms with E-state index < -0.39 is 0 Å². The zero-order valence-electron chi connectivity index (χ0n) is 9.03. The van der Waals surface area contributed by atoms with E-state index in [1.165, 1.54) is 17.4 Å². The molecule has 0 bridgehead atoms. The lowest BCUT2D eigenvalue weighted by molar-refractivity contribution is 0.642. The van der Waals surface area contributed by atoms with Crippen LogP contribution in [-0.2, 0) is 0 Å². The minimum absolute atomic E-state index is 0.173. The number of fused-ring (bicyclic) bond motifs is 1. The Morgan fingerprint density at radius 3 is 3.06 bits per heavy atom. The third-order valence-corrected chi connectivity index (χ3v) is 3.40. The Bertz CT molecular complexity index is 554. The highest BCUT2D eigenvalue weighted by Gasteiger charge is 2.09. The Balaban J connectivity index is 2.66. The summed E-state index contributed by atoms with van der Waals surface area (Å²) in [5.74, 6) is -0.173. The van der Waals surface area contributed by atoms with Gasteiger partial charge in [0, 0.05) is 16.3 Å². The third-order valence-electron chi connectivity index (χ3n) is 2.40. The van der Waals surface area contributed by atoms with Crippen molar-refractivity contribution in [3.63, 3.8) is 0 Å². The predicted octanol–water partition coefficient (Wildman–Crippen LogP) is 4.49. The molecular formula is C13H12FNS. The highest BCUT2D eigenvalue weighted by Crippen LogP contribution is 2.33. The molecule has 3 heteroatoms. The molecule has 0 saturated carbocycles. The topological polar surface area (TPSA) is 12.4 Å². The number of hydrogen-bond donors (Lipinski definition) is 0. The van der Waals surface area contributed by atoms with E-state index in [2.05, 4.69) is 11.7 Å². The lowest BCUT2D eigenvalue weighted by atomic mass is 10.1. The fourth-order valence-electron chi connectivity index (χ4n) is 1.67. The quantitative estimate of drug-likeness (QED) is 0.692. The Morgan fingerprint density at radius 1 is 1.56 bits per heavy atom. The van der Waals surface area contributed by atoms with Crippen molar-refractivity contribution < 1.29 is 4.39 Å². The van der Waals surface area contributed by atoms with Crippen LogP contribution in [0.25, 0.3) is 15.8 Å². The second-order valence-corrected chi connectivity index (χ2v) is 4.30. The second kappa shape index (κ2) is 4.58. The minimum Gasteiger partial charge on any atom is -0.264 e. The number of aliphatic imine (C=N–C) groups is 1. The van der Waals surface area contributed by atoms with Crippen molar-refractivity contribution in [3.05, 3.63) is 41.0 Å². The molecule has 0 aliphatic heterocycles. The highest BCUT2D eigenvalue weighted by molar-refractivity contribution is 7.17. The van der Waals surface area contributed by atoms with Gasteiger partial charge in [-0.1, -0.05) is 25.1 Å². The Hall–Kier alpha value is -1.48. The maximum absolute atomic E-state index is 13.5. The molecule has 0 fully saturated rings. The fraction of sp³-hybridized carbons (Fsp3) is 0.154. The zero-order valence-corrected chi connectivity index (χ0v) is 9.85. The molecule has 0 saturated heterocycles. The minimum atomic E-state index is -0.173. The predicted molar refractivity (Wildman–Crippen MR) is 69.6 cm³/mol. The van der Waals surface area contributed by atoms with Gasteiger partial charge in [-0.2, -0.15) is 0 Å². The van der Waals surface area contributed by atoms with Gasteiger partial charge in [-0.05, 0) is 19.2 Å². The molecule has 1 aromatic carbocycles. The van der Waals surface area contributed by atoms with E-state index in [0.717, 1.165) is 23.1 Å². The van der Waals surface area contributed by atoms with Crippen molar-refractivity contribution in [2.24, 2.45) is 4.99 Å². The third kappa shape index (κ3) is 1.78. The van der Waals surface area contributed by atoms with Gasteiger partial charge in [0.1, 0.15) is 5.82 Å². The molecule has 0 radical (unpaired) electrons. The summed E-state index contributed by atoms with van der Waals surface area (Å²) in [6.07, 6.45) is 2.89. The molecule has 0 aliphatic carbocycles. The van der Waals surface area contributed by atoms with Crippen molar-refractivity contribution in [3.8, 4) is 0 Å². The van der Waals surface area contributed by atoms with Crippen LogP contribution in [0.5, 0.6) is 0 Å². The molecule has 0 atom stereocenters. The number of benzene rings is 1. The van der Waals surface area contributed by atoms with Crippen LogP contribution in [0.4, 0.5) is 4.39 Å². The molecule has 1 nitrogen and oxygen atoms in total. The van der Waals surface area contributed by atoms with Crippen LogP contribution >= 0.6 is 11.3 Å².